The Morgan fingerprint density at radius 1 is 0.414 bits per heavy atom. The van der Waals surface area contributed by atoms with E-state index in [4.69, 9.17) is 14.2 Å². The van der Waals surface area contributed by atoms with Gasteiger partial charge in [0.1, 0.15) is 6.61 Å². The maximum absolute atomic E-state index is 12.7. The van der Waals surface area contributed by atoms with Crippen LogP contribution in [0.5, 0.6) is 0 Å². The number of unbranched alkanes of at least 4 members (excludes halogenated alkanes) is 13. The van der Waals surface area contributed by atoms with Crippen molar-refractivity contribution in [2.75, 3.05) is 19.8 Å². The van der Waals surface area contributed by atoms with Crippen LogP contribution in [-0.4, -0.2) is 37.9 Å². The average Bonchev–Trinajstić information content (AvgIpc) is 3.22. The maximum Gasteiger partial charge on any atom is 0.309 e. The molecule has 0 heterocycles. The van der Waals surface area contributed by atoms with Crippen LogP contribution in [0.4, 0.5) is 0 Å². The zero-order valence-corrected chi connectivity index (χ0v) is 37.5. The number of hydrogen-bond donors (Lipinski definition) is 0. The van der Waals surface area contributed by atoms with E-state index in [0.29, 0.717) is 13.0 Å². The molecule has 0 fully saturated rings. The van der Waals surface area contributed by atoms with Gasteiger partial charge in [0.2, 0.25) is 0 Å². The van der Waals surface area contributed by atoms with Crippen LogP contribution in [0.2, 0.25) is 0 Å². The van der Waals surface area contributed by atoms with E-state index in [9.17, 15) is 9.59 Å². The van der Waals surface area contributed by atoms with Crippen LogP contribution < -0.4 is 0 Å². The fraction of sp³-hybridized carbons (Fsp3) is 0.623. The van der Waals surface area contributed by atoms with Crippen molar-refractivity contribution in [2.24, 2.45) is 0 Å². The van der Waals surface area contributed by atoms with Crippen molar-refractivity contribution in [1.82, 2.24) is 0 Å². The second-order valence-corrected chi connectivity index (χ2v) is 14.9. The number of hydrogen-bond acceptors (Lipinski definition) is 5. The molecule has 0 aliphatic heterocycles. The largest absolute Gasteiger partial charge is 0.461 e. The normalized spacial score (nSPS) is 13.2. The van der Waals surface area contributed by atoms with E-state index in [0.717, 1.165) is 70.6 Å². The molecule has 5 heteroatoms. The third kappa shape index (κ3) is 45.3. The van der Waals surface area contributed by atoms with Gasteiger partial charge in [-0.05, 0) is 70.6 Å². The minimum Gasteiger partial charge on any atom is -0.461 e. The van der Waals surface area contributed by atoms with Crippen molar-refractivity contribution < 1.29 is 23.8 Å². The fourth-order valence-corrected chi connectivity index (χ4v) is 5.95. The van der Waals surface area contributed by atoms with Crippen molar-refractivity contribution in [1.29, 1.82) is 0 Å². The highest BCUT2D eigenvalue weighted by atomic mass is 16.6. The van der Waals surface area contributed by atoms with Crippen LogP contribution in [-0.2, 0) is 23.8 Å². The third-order valence-electron chi connectivity index (χ3n) is 9.35. The standard InChI is InChI=1S/C53H86O5/c1-4-7-10-13-16-19-22-25-27-29-31-34-37-40-43-46-52(54)57-50-51(49-56-48-45-42-39-36-33-30-26-23-20-17-14-11-8-5-2)58-53(55)47-44-41-38-35-32-28-24-21-18-15-12-9-6-3/h7,9-10,12,16,18-19,21,25,27-28,31-32,34,38,40-41,43,51H,4-6,8,11,13-15,17,20,22-24,26,29-30,33,35-37,39,42,44-50H2,1-3H3/b10-7-,12-9-,19-16-,21-18-,27-25-,32-28-,34-31-,41-38-,43-40-. The molecule has 0 aromatic rings. The predicted octanol–water partition coefficient (Wildman–Crippen LogP) is 15.7. The van der Waals surface area contributed by atoms with E-state index >= 15 is 0 Å². The van der Waals surface area contributed by atoms with E-state index < -0.39 is 6.10 Å². The van der Waals surface area contributed by atoms with E-state index in [-0.39, 0.29) is 38.0 Å². The lowest BCUT2D eigenvalue weighted by Gasteiger charge is -2.18. The summed E-state index contributed by atoms with van der Waals surface area (Å²) in [4.78, 5) is 25.2. The lowest BCUT2D eigenvalue weighted by molar-refractivity contribution is -0.162. The van der Waals surface area contributed by atoms with Gasteiger partial charge in [-0.1, -0.05) is 214 Å². The van der Waals surface area contributed by atoms with Crippen molar-refractivity contribution in [2.45, 2.75) is 194 Å². The van der Waals surface area contributed by atoms with Gasteiger partial charge in [-0.25, -0.2) is 0 Å². The molecule has 0 bridgehead atoms. The Hall–Kier alpha value is -3.44. The lowest BCUT2D eigenvalue weighted by atomic mass is 10.0. The van der Waals surface area contributed by atoms with Crippen LogP contribution in [0.25, 0.3) is 0 Å². The van der Waals surface area contributed by atoms with Gasteiger partial charge in [-0.15, -0.1) is 0 Å². The first-order chi connectivity index (χ1) is 28.6. The molecule has 328 valence electrons. The molecule has 1 unspecified atom stereocenters. The smallest absolute Gasteiger partial charge is 0.309 e. The van der Waals surface area contributed by atoms with E-state index in [2.05, 4.69) is 112 Å². The fourth-order valence-electron chi connectivity index (χ4n) is 5.95. The first-order valence-electron chi connectivity index (χ1n) is 23.4. The van der Waals surface area contributed by atoms with E-state index in [1.54, 1.807) is 0 Å². The maximum atomic E-state index is 12.7. The highest BCUT2D eigenvalue weighted by Crippen LogP contribution is 2.13. The Kier molecular flexibility index (Phi) is 45.1. The minimum atomic E-state index is -0.617. The van der Waals surface area contributed by atoms with Crippen molar-refractivity contribution in [3.05, 3.63) is 109 Å². The van der Waals surface area contributed by atoms with Crippen LogP contribution in [0.15, 0.2) is 109 Å². The molecule has 0 aromatic carbocycles. The van der Waals surface area contributed by atoms with Crippen molar-refractivity contribution in [3.8, 4) is 0 Å². The number of rotatable bonds is 41. The SMILES string of the molecule is CC/C=C\C/C=C\C/C=C\C/C=C\C/C=C\CC(=O)OCC(COCCCCCCCCCCCCCCCC)OC(=O)CC/C=C\C/C=C\C/C=C\C/C=C\CC. The number of esters is 2. The predicted molar refractivity (Wildman–Crippen MR) is 251 cm³/mol. The molecule has 1 atom stereocenters. The van der Waals surface area contributed by atoms with E-state index in [1.807, 2.05) is 18.2 Å². The Labute approximate surface area is 357 Å². The van der Waals surface area contributed by atoms with Crippen LogP contribution in [0, 0.1) is 0 Å². The number of carbonyl (C=O) groups is 2. The zero-order valence-electron chi connectivity index (χ0n) is 37.5. The second kappa shape index (κ2) is 47.9. The van der Waals surface area contributed by atoms with Gasteiger partial charge in [-0.2, -0.15) is 0 Å². The molecule has 0 aliphatic rings. The molecule has 0 saturated carbocycles. The summed E-state index contributed by atoms with van der Waals surface area (Å²) >= 11 is 0. The number of carbonyl (C=O) groups excluding carboxylic acids is 2. The molecule has 0 N–H and O–H groups in total. The average molecular weight is 803 g/mol. The van der Waals surface area contributed by atoms with Crippen molar-refractivity contribution in [3.63, 3.8) is 0 Å². The molecule has 0 radical (unpaired) electrons. The molecule has 0 saturated heterocycles. The molecule has 0 aliphatic carbocycles. The summed E-state index contributed by atoms with van der Waals surface area (Å²) in [5, 5.41) is 0. The Morgan fingerprint density at radius 2 is 0.793 bits per heavy atom. The first kappa shape index (κ1) is 54.6. The van der Waals surface area contributed by atoms with Crippen LogP contribution in [0.3, 0.4) is 0 Å². The Bertz CT molecular complexity index is 1180. The van der Waals surface area contributed by atoms with Gasteiger partial charge in [0, 0.05) is 13.0 Å². The lowest BCUT2D eigenvalue weighted by Crippen LogP contribution is -2.30. The topological polar surface area (TPSA) is 61.8 Å². The van der Waals surface area contributed by atoms with Crippen molar-refractivity contribution >= 4 is 11.9 Å². The highest BCUT2D eigenvalue weighted by molar-refractivity contribution is 5.71. The summed E-state index contributed by atoms with van der Waals surface area (Å²) in [6.45, 7) is 7.40. The number of ether oxygens (including phenoxy) is 3. The summed E-state index contributed by atoms with van der Waals surface area (Å²) in [5.41, 5.74) is 0. The second-order valence-electron chi connectivity index (χ2n) is 14.9. The summed E-state index contributed by atoms with van der Waals surface area (Å²) < 4.78 is 17.2. The molecule has 58 heavy (non-hydrogen) atoms. The minimum absolute atomic E-state index is 0.00199. The van der Waals surface area contributed by atoms with Crippen LogP contribution >= 0.6 is 0 Å². The van der Waals surface area contributed by atoms with E-state index in [1.165, 1.54) is 77.0 Å². The highest BCUT2D eigenvalue weighted by Gasteiger charge is 2.17. The Morgan fingerprint density at radius 3 is 1.22 bits per heavy atom. The van der Waals surface area contributed by atoms with Crippen LogP contribution in [0.1, 0.15) is 188 Å². The number of allylic oxidation sites excluding steroid dienone is 17. The van der Waals surface area contributed by atoms with Gasteiger partial charge < -0.3 is 14.2 Å². The molecule has 0 amide bonds. The molecule has 5 nitrogen and oxygen atoms in total. The molecule has 0 spiro atoms. The monoisotopic (exact) mass is 803 g/mol. The third-order valence-corrected chi connectivity index (χ3v) is 9.35. The summed E-state index contributed by atoms with van der Waals surface area (Å²) in [6, 6.07) is 0. The van der Waals surface area contributed by atoms with Gasteiger partial charge in [0.05, 0.1) is 13.0 Å². The summed E-state index contributed by atoms with van der Waals surface area (Å²) in [5.74, 6) is -0.643. The molecular weight excluding hydrogens is 717 g/mol. The molecule has 0 rings (SSSR count). The van der Waals surface area contributed by atoms with Gasteiger partial charge in [0.25, 0.3) is 0 Å². The molecular formula is C53H86O5. The Balaban J connectivity index is 4.50. The van der Waals surface area contributed by atoms with Gasteiger partial charge in [-0.3, -0.25) is 9.59 Å². The van der Waals surface area contributed by atoms with Gasteiger partial charge in [0.15, 0.2) is 6.10 Å². The first-order valence-corrected chi connectivity index (χ1v) is 23.4. The van der Waals surface area contributed by atoms with Gasteiger partial charge >= 0.3 is 11.9 Å². The molecule has 0 aromatic heterocycles. The quantitative estimate of drug-likeness (QED) is 0.0350. The zero-order chi connectivity index (χ0) is 42.1. The summed E-state index contributed by atoms with van der Waals surface area (Å²) in [7, 11) is 0. The summed E-state index contributed by atoms with van der Waals surface area (Å²) in [6.07, 6.45) is 65.6.